The van der Waals surface area contributed by atoms with Crippen LogP contribution in [0.2, 0.25) is 0 Å². The summed E-state index contributed by atoms with van der Waals surface area (Å²) in [6.07, 6.45) is 11.2. The minimum atomic E-state index is 0.356. The van der Waals surface area contributed by atoms with E-state index >= 15 is 0 Å². The molecule has 1 nitrogen and oxygen atoms in total. The molecule has 0 atom stereocenters. The van der Waals surface area contributed by atoms with Crippen molar-refractivity contribution in [3.05, 3.63) is 11.6 Å². The summed E-state index contributed by atoms with van der Waals surface area (Å²) < 4.78 is 0. The Morgan fingerprint density at radius 3 is 2.91 bits per heavy atom. The smallest absolute Gasteiger partial charge is 0.136 e. The largest absolute Gasteiger partial charge is 0.299 e. The van der Waals surface area contributed by atoms with Gasteiger partial charge in [0.2, 0.25) is 0 Å². The molecule has 0 N–H and O–H groups in total. The summed E-state index contributed by atoms with van der Waals surface area (Å²) >= 11 is 0. The summed E-state index contributed by atoms with van der Waals surface area (Å²) in [4.78, 5) is 10.8. The van der Waals surface area contributed by atoms with Gasteiger partial charge >= 0.3 is 0 Å². The van der Waals surface area contributed by atoms with Gasteiger partial charge in [0.15, 0.2) is 0 Å². The molecule has 58 valence electrons. The van der Waals surface area contributed by atoms with E-state index in [9.17, 15) is 4.79 Å². The Bertz CT molecular complexity index is 218. The molecular formula is C10H12O. The first-order valence-electron chi connectivity index (χ1n) is 3.96. The lowest BCUT2D eigenvalue weighted by atomic mass is 9.95. The Morgan fingerprint density at radius 2 is 2.36 bits per heavy atom. The maximum atomic E-state index is 10.8. The van der Waals surface area contributed by atoms with Crippen LogP contribution in [0, 0.1) is 12.3 Å². The highest BCUT2D eigenvalue weighted by Crippen LogP contribution is 2.18. The molecule has 0 saturated carbocycles. The van der Waals surface area contributed by atoms with E-state index in [1.165, 1.54) is 5.57 Å². The Kier molecular flexibility index (Phi) is 2.92. The van der Waals surface area contributed by atoms with Gasteiger partial charge in [0.25, 0.3) is 0 Å². The van der Waals surface area contributed by atoms with Crippen molar-refractivity contribution in [2.24, 2.45) is 0 Å². The van der Waals surface area contributed by atoms with Crippen molar-refractivity contribution in [2.45, 2.75) is 32.1 Å². The second-order valence-corrected chi connectivity index (χ2v) is 2.81. The monoisotopic (exact) mass is 148 g/mol. The lowest BCUT2D eigenvalue weighted by molar-refractivity contribution is -0.118. The van der Waals surface area contributed by atoms with Crippen molar-refractivity contribution in [3.63, 3.8) is 0 Å². The SMILES string of the molecule is C#CCCC1=CCC(=O)CC1. The van der Waals surface area contributed by atoms with E-state index in [0.717, 1.165) is 25.7 Å². The first-order valence-corrected chi connectivity index (χ1v) is 3.96. The van der Waals surface area contributed by atoms with Crippen LogP contribution in [0.15, 0.2) is 11.6 Å². The zero-order valence-electron chi connectivity index (χ0n) is 6.60. The summed E-state index contributed by atoms with van der Waals surface area (Å²) in [5.74, 6) is 2.96. The summed E-state index contributed by atoms with van der Waals surface area (Å²) in [5.41, 5.74) is 1.36. The minimum absolute atomic E-state index is 0.356. The summed E-state index contributed by atoms with van der Waals surface area (Å²) in [5, 5.41) is 0. The number of Topliss-reactive ketones (excluding diaryl/α,β-unsaturated/α-hetero) is 1. The van der Waals surface area contributed by atoms with Crippen LogP contribution in [-0.2, 0) is 4.79 Å². The van der Waals surface area contributed by atoms with E-state index in [-0.39, 0.29) is 0 Å². The van der Waals surface area contributed by atoms with Gasteiger partial charge in [-0.05, 0) is 12.8 Å². The Hall–Kier alpha value is -1.03. The van der Waals surface area contributed by atoms with Crippen LogP contribution in [0.25, 0.3) is 0 Å². The zero-order valence-corrected chi connectivity index (χ0v) is 6.60. The molecule has 0 aliphatic heterocycles. The predicted octanol–water partition coefficient (Wildman–Crippen LogP) is 2.08. The van der Waals surface area contributed by atoms with E-state index in [2.05, 4.69) is 5.92 Å². The van der Waals surface area contributed by atoms with Gasteiger partial charge < -0.3 is 0 Å². The van der Waals surface area contributed by atoms with Gasteiger partial charge in [-0.1, -0.05) is 11.6 Å². The van der Waals surface area contributed by atoms with E-state index in [1.54, 1.807) is 0 Å². The molecule has 0 amide bonds. The number of ketones is 1. The van der Waals surface area contributed by atoms with Crippen LogP contribution in [0.4, 0.5) is 0 Å². The van der Waals surface area contributed by atoms with Crippen LogP contribution in [-0.4, -0.2) is 5.78 Å². The lowest BCUT2D eigenvalue weighted by Crippen LogP contribution is -2.03. The molecule has 1 aliphatic rings. The normalized spacial score (nSPS) is 17.4. The van der Waals surface area contributed by atoms with Crippen molar-refractivity contribution in [1.82, 2.24) is 0 Å². The average Bonchev–Trinajstić information content (AvgIpc) is 2.04. The third-order valence-corrected chi connectivity index (χ3v) is 1.93. The maximum Gasteiger partial charge on any atom is 0.136 e. The maximum absolute atomic E-state index is 10.8. The molecule has 0 aromatic carbocycles. The zero-order chi connectivity index (χ0) is 8.10. The molecule has 0 fully saturated rings. The number of carbonyl (C=O) groups excluding carboxylic acids is 1. The highest BCUT2D eigenvalue weighted by Gasteiger charge is 2.08. The Labute approximate surface area is 67.5 Å². The molecule has 0 aromatic heterocycles. The van der Waals surface area contributed by atoms with Crippen molar-refractivity contribution < 1.29 is 4.79 Å². The molecule has 1 rings (SSSR count). The standard InChI is InChI=1S/C10H12O/c1-2-3-4-9-5-7-10(11)8-6-9/h1,5H,3-4,6-8H2. The quantitative estimate of drug-likeness (QED) is 0.433. The van der Waals surface area contributed by atoms with Crippen LogP contribution >= 0.6 is 0 Å². The number of hydrogen-bond acceptors (Lipinski definition) is 1. The molecule has 1 heteroatoms. The average molecular weight is 148 g/mol. The van der Waals surface area contributed by atoms with Gasteiger partial charge in [0, 0.05) is 19.3 Å². The van der Waals surface area contributed by atoms with Gasteiger partial charge in [0.1, 0.15) is 5.78 Å². The van der Waals surface area contributed by atoms with E-state index in [4.69, 9.17) is 6.42 Å². The van der Waals surface area contributed by atoms with Crippen molar-refractivity contribution in [3.8, 4) is 12.3 Å². The molecule has 1 aliphatic carbocycles. The highest BCUT2D eigenvalue weighted by atomic mass is 16.1. The van der Waals surface area contributed by atoms with Crippen LogP contribution in [0.1, 0.15) is 32.1 Å². The fraction of sp³-hybridized carbons (Fsp3) is 0.500. The first kappa shape index (κ1) is 8.07. The predicted molar refractivity (Wildman–Crippen MR) is 45.0 cm³/mol. The van der Waals surface area contributed by atoms with E-state index < -0.39 is 0 Å². The van der Waals surface area contributed by atoms with Gasteiger partial charge in [-0.25, -0.2) is 0 Å². The highest BCUT2D eigenvalue weighted by molar-refractivity contribution is 5.81. The number of carbonyl (C=O) groups is 1. The molecule has 0 unspecified atom stereocenters. The molecule has 11 heavy (non-hydrogen) atoms. The fourth-order valence-electron chi connectivity index (χ4n) is 1.22. The van der Waals surface area contributed by atoms with E-state index in [1.807, 2.05) is 6.08 Å². The van der Waals surface area contributed by atoms with Gasteiger partial charge in [-0.3, -0.25) is 4.79 Å². The van der Waals surface area contributed by atoms with Crippen LogP contribution in [0.3, 0.4) is 0 Å². The van der Waals surface area contributed by atoms with Crippen molar-refractivity contribution in [1.29, 1.82) is 0 Å². The van der Waals surface area contributed by atoms with E-state index in [0.29, 0.717) is 12.2 Å². The van der Waals surface area contributed by atoms with Crippen molar-refractivity contribution in [2.75, 3.05) is 0 Å². The second kappa shape index (κ2) is 3.98. The molecule has 0 spiro atoms. The minimum Gasteiger partial charge on any atom is -0.299 e. The Balaban J connectivity index is 2.36. The fourth-order valence-corrected chi connectivity index (χ4v) is 1.22. The van der Waals surface area contributed by atoms with Crippen molar-refractivity contribution >= 4 is 5.78 Å². The number of allylic oxidation sites excluding steroid dienone is 2. The molecule has 0 aromatic rings. The first-order chi connectivity index (χ1) is 5.33. The lowest BCUT2D eigenvalue weighted by Gasteiger charge is -2.09. The topological polar surface area (TPSA) is 17.1 Å². The van der Waals surface area contributed by atoms with Gasteiger partial charge in [-0.2, -0.15) is 0 Å². The summed E-state index contributed by atoms with van der Waals surface area (Å²) in [7, 11) is 0. The van der Waals surface area contributed by atoms with Crippen LogP contribution < -0.4 is 0 Å². The molecule has 0 bridgehead atoms. The summed E-state index contributed by atoms with van der Waals surface area (Å²) in [6, 6.07) is 0. The van der Waals surface area contributed by atoms with Crippen LogP contribution in [0.5, 0.6) is 0 Å². The van der Waals surface area contributed by atoms with Gasteiger partial charge in [0.05, 0.1) is 0 Å². The summed E-state index contributed by atoms with van der Waals surface area (Å²) in [6.45, 7) is 0. The molecule has 0 radical (unpaired) electrons. The van der Waals surface area contributed by atoms with Gasteiger partial charge in [-0.15, -0.1) is 12.3 Å². The number of hydrogen-bond donors (Lipinski definition) is 0. The molecule has 0 heterocycles. The Morgan fingerprint density at radius 1 is 1.55 bits per heavy atom. The third-order valence-electron chi connectivity index (χ3n) is 1.93. The molecular weight excluding hydrogens is 136 g/mol. The number of rotatable bonds is 2. The second-order valence-electron chi connectivity index (χ2n) is 2.81. The third kappa shape index (κ3) is 2.59. The molecule has 0 saturated heterocycles. The number of terminal acetylenes is 1.